The molecule has 0 atom stereocenters. The van der Waals surface area contributed by atoms with Gasteiger partial charge in [-0.15, -0.1) is 0 Å². The molecule has 162 valence electrons. The topological polar surface area (TPSA) is 80.9 Å². The number of H-pyrrole nitrogens is 1. The quantitative estimate of drug-likeness (QED) is 0.636. The fraction of sp³-hybridized carbons (Fsp3) is 0.333. The van der Waals surface area contributed by atoms with Crippen molar-refractivity contribution in [3.05, 3.63) is 58.3 Å². The number of fused-ring (bicyclic) bond motifs is 2. The molecule has 1 N–H and O–H groups in total. The number of aromatic amines is 1. The van der Waals surface area contributed by atoms with Gasteiger partial charge in [0, 0.05) is 29.7 Å². The smallest absolute Gasteiger partial charge is 0.338 e. The van der Waals surface area contributed by atoms with Crippen molar-refractivity contribution in [3.63, 3.8) is 0 Å². The Bertz CT molecular complexity index is 1160. The molecule has 0 saturated heterocycles. The average molecular weight is 422 g/mol. The zero-order chi connectivity index (χ0) is 22.1. The van der Waals surface area contributed by atoms with E-state index in [2.05, 4.69) is 4.98 Å². The van der Waals surface area contributed by atoms with Crippen molar-refractivity contribution in [2.45, 2.75) is 26.8 Å². The Balaban J connectivity index is 1.41. The minimum atomic E-state index is -0.502. The van der Waals surface area contributed by atoms with Crippen molar-refractivity contribution < 1.29 is 23.8 Å². The van der Waals surface area contributed by atoms with Crippen LogP contribution in [0.3, 0.4) is 0 Å². The monoisotopic (exact) mass is 422 g/mol. The van der Waals surface area contributed by atoms with Crippen LogP contribution in [-0.2, 0) is 22.5 Å². The maximum absolute atomic E-state index is 12.7. The number of carbonyl (C=O) groups is 2. The molecule has 1 amide bonds. The Morgan fingerprint density at radius 2 is 1.74 bits per heavy atom. The molecule has 7 heteroatoms. The van der Waals surface area contributed by atoms with Crippen LogP contribution < -0.4 is 9.47 Å². The van der Waals surface area contributed by atoms with Gasteiger partial charge in [-0.3, -0.25) is 4.79 Å². The van der Waals surface area contributed by atoms with E-state index in [4.69, 9.17) is 14.2 Å². The van der Waals surface area contributed by atoms with Crippen molar-refractivity contribution >= 4 is 22.8 Å². The number of hydrogen-bond donors (Lipinski definition) is 1. The normalized spacial score (nSPS) is 13.1. The van der Waals surface area contributed by atoms with Gasteiger partial charge in [0.1, 0.15) is 0 Å². The van der Waals surface area contributed by atoms with E-state index < -0.39 is 5.97 Å². The number of benzene rings is 2. The van der Waals surface area contributed by atoms with E-state index in [1.807, 2.05) is 32.0 Å². The van der Waals surface area contributed by atoms with Crippen LogP contribution in [0.5, 0.6) is 11.5 Å². The van der Waals surface area contributed by atoms with Crippen LogP contribution in [-0.4, -0.2) is 49.1 Å². The van der Waals surface area contributed by atoms with Crippen LogP contribution in [0.1, 0.15) is 32.7 Å². The van der Waals surface area contributed by atoms with Crippen LogP contribution in [0.2, 0.25) is 0 Å². The maximum Gasteiger partial charge on any atom is 0.338 e. The highest BCUT2D eigenvalue weighted by Crippen LogP contribution is 2.33. The fourth-order valence-corrected chi connectivity index (χ4v) is 3.99. The first kappa shape index (κ1) is 20.8. The number of rotatable bonds is 5. The summed E-state index contributed by atoms with van der Waals surface area (Å²) >= 11 is 0. The summed E-state index contributed by atoms with van der Waals surface area (Å²) in [5, 5.41) is 0.982. The van der Waals surface area contributed by atoms with Gasteiger partial charge in [-0.2, -0.15) is 0 Å². The number of hydrogen-bond acceptors (Lipinski definition) is 5. The summed E-state index contributed by atoms with van der Waals surface area (Å²) in [4.78, 5) is 30.2. The fourth-order valence-electron chi connectivity index (χ4n) is 3.99. The second-order valence-corrected chi connectivity index (χ2v) is 7.75. The van der Waals surface area contributed by atoms with E-state index in [1.54, 1.807) is 31.3 Å². The van der Waals surface area contributed by atoms with E-state index in [-0.39, 0.29) is 12.5 Å². The molecule has 4 rings (SSSR count). The van der Waals surface area contributed by atoms with Crippen molar-refractivity contribution in [2.75, 3.05) is 27.4 Å². The number of aromatic nitrogens is 1. The lowest BCUT2D eigenvalue weighted by Gasteiger charge is -2.29. The summed E-state index contributed by atoms with van der Waals surface area (Å²) in [6.45, 7) is 4.72. The van der Waals surface area contributed by atoms with Gasteiger partial charge in [0.25, 0.3) is 5.91 Å². The molecule has 1 aromatic heterocycles. The van der Waals surface area contributed by atoms with Gasteiger partial charge in [0.05, 0.1) is 19.8 Å². The van der Waals surface area contributed by atoms with Gasteiger partial charge in [0.15, 0.2) is 18.1 Å². The van der Waals surface area contributed by atoms with Crippen LogP contribution in [0, 0.1) is 13.8 Å². The van der Waals surface area contributed by atoms with E-state index >= 15 is 0 Å². The molecule has 1 aliphatic heterocycles. The van der Waals surface area contributed by atoms with E-state index in [0.29, 0.717) is 36.6 Å². The molecule has 0 fully saturated rings. The molecule has 7 nitrogen and oxygen atoms in total. The number of esters is 1. The Kier molecular flexibility index (Phi) is 5.59. The van der Waals surface area contributed by atoms with Crippen molar-refractivity contribution in [2.24, 2.45) is 0 Å². The SMILES string of the molecule is COc1cc2c(cc1OC)CN(C(=O)COC(=O)c1ccc3[nH]c(C)c(C)c3c1)CC2. The Morgan fingerprint density at radius 1 is 1.03 bits per heavy atom. The van der Waals surface area contributed by atoms with Crippen molar-refractivity contribution in [1.29, 1.82) is 0 Å². The standard InChI is InChI=1S/C24H26N2O5/c1-14-15(2)25-20-6-5-17(9-19(14)20)24(28)31-13-23(27)26-8-7-16-10-21(29-3)22(30-4)11-18(16)12-26/h5-6,9-11,25H,7-8,12-13H2,1-4H3. The summed E-state index contributed by atoms with van der Waals surface area (Å²) in [5.74, 6) is 0.591. The van der Waals surface area contributed by atoms with Crippen LogP contribution >= 0.6 is 0 Å². The highest BCUT2D eigenvalue weighted by molar-refractivity contribution is 5.96. The highest BCUT2D eigenvalue weighted by atomic mass is 16.5. The minimum absolute atomic E-state index is 0.219. The summed E-state index contributed by atoms with van der Waals surface area (Å²) in [5.41, 5.74) is 5.71. The lowest BCUT2D eigenvalue weighted by molar-refractivity contribution is -0.135. The average Bonchev–Trinajstić information content (AvgIpc) is 3.08. The molecule has 0 radical (unpaired) electrons. The van der Waals surface area contributed by atoms with Gasteiger partial charge in [-0.25, -0.2) is 4.79 Å². The molecular formula is C24H26N2O5. The molecule has 0 spiro atoms. The van der Waals surface area contributed by atoms with E-state index in [9.17, 15) is 9.59 Å². The zero-order valence-corrected chi connectivity index (χ0v) is 18.2. The first-order valence-electron chi connectivity index (χ1n) is 10.2. The van der Waals surface area contributed by atoms with Crippen molar-refractivity contribution in [1.82, 2.24) is 9.88 Å². The predicted octanol–water partition coefficient (Wildman–Crippen LogP) is 3.54. The molecule has 2 aromatic carbocycles. The lowest BCUT2D eigenvalue weighted by Crippen LogP contribution is -2.38. The number of methoxy groups -OCH3 is 2. The summed E-state index contributed by atoms with van der Waals surface area (Å²) < 4.78 is 16.0. The molecule has 0 unspecified atom stereocenters. The van der Waals surface area contributed by atoms with Gasteiger partial charge < -0.3 is 24.1 Å². The first-order chi connectivity index (χ1) is 14.9. The molecule has 1 aliphatic rings. The second kappa shape index (κ2) is 8.34. The lowest BCUT2D eigenvalue weighted by atomic mass is 9.99. The van der Waals surface area contributed by atoms with E-state index in [1.165, 1.54) is 0 Å². The zero-order valence-electron chi connectivity index (χ0n) is 18.2. The molecule has 0 aliphatic carbocycles. The minimum Gasteiger partial charge on any atom is -0.493 e. The predicted molar refractivity (Wildman–Crippen MR) is 117 cm³/mol. The Morgan fingerprint density at radius 3 is 2.45 bits per heavy atom. The number of amides is 1. The molecule has 31 heavy (non-hydrogen) atoms. The third-order valence-corrected chi connectivity index (χ3v) is 5.94. The molecule has 2 heterocycles. The largest absolute Gasteiger partial charge is 0.493 e. The number of nitrogens with zero attached hydrogens (tertiary/aromatic N) is 1. The molecular weight excluding hydrogens is 396 g/mol. The first-order valence-corrected chi connectivity index (χ1v) is 10.2. The van der Waals surface area contributed by atoms with Gasteiger partial charge in [-0.1, -0.05) is 0 Å². The highest BCUT2D eigenvalue weighted by Gasteiger charge is 2.24. The number of ether oxygens (including phenoxy) is 3. The third kappa shape index (κ3) is 3.95. The van der Waals surface area contributed by atoms with Gasteiger partial charge in [0.2, 0.25) is 0 Å². The summed E-state index contributed by atoms with van der Waals surface area (Å²) in [6.07, 6.45) is 0.707. The van der Waals surface area contributed by atoms with E-state index in [0.717, 1.165) is 33.3 Å². The maximum atomic E-state index is 12.7. The second-order valence-electron chi connectivity index (χ2n) is 7.75. The van der Waals surface area contributed by atoms with Crippen LogP contribution in [0.4, 0.5) is 0 Å². The molecule has 0 saturated carbocycles. The number of aryl methyl sites for hydroxylation is 2. The number of carbonyl (C=O) groups excluding carboxylic acids is 2. The summed E-state index contributed by atoms with van der Waals surface area (Å²) in [6, 6.07) is 9.23. The van der Waals surface area contributed by atoms with Crippen LogP contribution in [0.25, 0.3) is 10.9 Å². The molecule has 3 aromatic rings. The Hall–Kier alpha value is -3.48. The van der Waals surface area contributed by atoms with Gasteiger partial charge >= 0.3 is 5.97 Å². The Labute approximate surface area is 180 Å². The summed E-state index contributed by atoms with van der Waals surface area (Å²) in [7, 11) is 3.19. The van der Waals surface area contributed by atoms with Crippen LogP contribution in [0.15, 0.2) is 30.3 Å². The number of nitrogens with one attached hydrogen (secondary N) is 1. The molecule has 0 bridgehead atoms. The van der Waals surface area contributed by atoms with Gasteiger partial charge in [-0.05, 0) is 67.3 Å². The van der Waals surface area contributed by atoms with Crippen molar-refractivity contribution in [3.8, 4) is 11.5 Å². The third-order valence-electron chi connectivity index (χ3n) is 5.94.